The van der Waals surface area contributed by atoms with Crippen LogP contribution in [0.15, 0.2) is 48.5 Å². The molecule has 126 valence electrons. The van der Waals surface area contributed by atoms with E-state index in [1.165, 1.54) is 17.7 Å². The molecule has 2 aromatic rings. The average Bonchev–Trinajstić information content (AvgIpc) is 2.58. The number of carbonyl (C=O) groups is 3. The molecule has 0 radical (unpaired) electrons. The molecule has 4 heteroatoms. The molecular weight excluding hydrogens is 292 g/mol. The normalized spacial score (nSPS) is 8.22. The number of carbonyl (C=O) groups excluding carboxylic acids is 2. The fraction of sp³-hybridized carbons (Fsp3) is 0.316. The lowest BCUT2D eigenvalue weighted by Crippen LogP contribution is -2.15. The van der Waals surface area contributed by atoms with Crippen LogP contribution in [0, 0.1) is 0 Å². The van der Waals surface area contributed by atoms with E-state index in [2.05, 4.69) is 48.5 Å². The van der Waals surface area contributed by atoms with Crippen molar-refractivity contribution in [2.75, 3.05) is 0 Å². The lowest BCUT2D eigenvalue weighted by molar-refractivity contribution is -0.150. The monoisotopic (exact) mass is 318 g/mol. The minimum Gasteiger partial charge on any atom is -0.475 e. The molecule has 2 aromatic carbocycles. The van der Waals surface area contributed by atoms with E-state index in [0.717, 1.165) is 0 Å². The van der Waals surface area contributed by atoms with Crippen molar-refractivity contribution in [3.63, 3.8) is 0 Å². The molecule has 2 rings (SSSR count). The van der Waals surface area contributed by atoms with Gasteiger partial charge in [0.15, 0.2) is 0 Å². The Labute approximate surface area is 138 Å². The molecule has 0 bridgehead atoms. The highest BCUT2D eigenvalue weighted by Crippen LogP contribution is 2.11. The van der Waals surface area contributed by atoms with E-state index >= 15 is 0 Å². The summed E-state index contributed by atoms with van der Waals surface area (Å²) in [7, 11) is 0. The first-order valence-corrected chi connectivity index (χ1v) is 7.70. The van der Waals surface area contributed by atoms with Crippen molar-refractivity contribution in [2.45, 2.75) is 41.0 Å². The zero-order valence-corrected chi connectivity index (χ0v) is 14.5. The van der Waals surface area contributed by atoms with Gasteiger partial charge >= 0.3 is 5.97 Å². The van der Waals surface area contributed by atoms with Gasteiger partial charge in [-0.1, -0.05) is 76.2 Å². The molecule has 0 atom stereocenters. The molecule has 0 aliphatic rings. The summed E-state index contributed by atoms with van der Waals surface area (Å²) in [6, 6.07) is 16.7. The number of aliphatic carboxylic acids is 1. The minimum absolute atomic E-state index is 0.428. The van der Waals surface area contributed by atoms with Gasteiger partial charge in [0.05, 0.1) is 6.42 Å². The van der Waals surface area contributed by atoms with Gasteiger partial charge in [0.25, 0.3) is 0 Å². The fourth-order valence-electron chi connectivity index (χ4n) is 1.43. The van der Waals surface area contributed by atoms with Crippen molar-refractivity contribution in [2.24, 2.45) is 0 Å². The molecule has 0 fully saturated rings. The van der Waals surface area contributed by atoms with Crippen LogP contribution in [0.4, 0.5) is 0 Å². The molecule has 0 saturated heterocycles. The zero-order valence-electron chi connectivity index (χ0n) is 14.5. The van der Waals surface area contributed by atoms with Crippen LogP contribution in [0.5, 0.6) is 0 Å². The summed E-state index contributed by atoms with van der Waals surface area (Å²) < 4.78 is 0. The molecule has 0 saturated carbocycles. The number of Topliss-reactive ketones (excluding diaryl/α,β-unsaturated/α-hetero) is 2. The van der Waals surface area contributed by atoms with E-state index in [4.69, 9.17) is 5.11 Å². The molecule has 0 aliphatic heterocycles. The Morgan fingerprint density at radius 2 is 1.09 bits per heavy atom. The van der Waals surface area contributed by atoms with E-state index in [9.17, 15) is 14.4 Å². The first-order chi connectivity index (χ1) is 11.0. The second kappa shape index (κ2) is 14.4. The van der Waals surface area contributed by atoms with Crippen molar-refractivity contribution in [1.29, 1.82) is 0 Å². The van der Waals surface area contributed by atoms with Crippen molar-refractivity contribution >= 4 is 28.3 Å². The standard InChI is InChI=1S/C10H8.C5H6O4.2C2H6/c1-2-6-10-8-4-3-7-9(10)5-1;1-3(6)2-4(7)5(8)9;2*1-2/h1-8H;2H2,1H3,(H,8,9);2*1-2H3. The predicted molar refractivity (Wildman–Crippen MR) is 94.6 cm³/mol. The van der Waals surface area contributed by atoms with Gasteiger partial charge in [-0.2, -0.15) is 0 Å². The van der Waals surface area contributed by atoms with E-state index in [0.29, 0.717) is 0 Å². The Morgan fingerprint density at radius 3 is 1.26 bits per heavy atom. The van der Waals surface area contributed by atoms with Crippen LogP contribution in [-0.2, 0) is 14.4 Å². The van der Waals surface area contributed by atoms with E-state index in [1.54, 1.807) is 0 Å². The molecule has 0 aliphatic carbocycles. The largest absolute Gasteiger partial charge is 0.475 e. The van der Waals surface area contributed by atoms with Crippen molar-refractivity contribution < 1.29 is 19.5 Å². The number of rotatable bonds is 3. The summed E-state index contributed by atoms with van der Waals surface area (Å²) in [6.45, 7) is 9.17. The van der Waals surface area contributed by atoms with Gasteiger partial charge in [0.1, 0.15) is 5.78 Å². The van der Waals surface area contributed by atoms with Gasteiger partial charge in [-0.25, -0.2) is 4.79 Å². The first kappa shape index (κ1) is 22.8. The molecule has 4 nitrogen and oxygen atoms in total. The van der Waals surface area contributed by atoms with Crippen LogP contribution in [0.25, 0.3) is 10.8 Å². The topological polar surface area (TPSA) is 71.4 Å². The molecule has 1 N–H and O–H groups in total. The molecule has 23 heavy (non-hydrogen) atoms. The average molecular weight is 318 g/mol. The van der Waals surface area contributed by atoms with Crippen molar-refractivity contribution in [3.8, 4) is 0 Å². The molecular formula is C19H26O4. The van der Waals surface area contributed by atoms with Gasteiger partial charge in [0, 0.05) is 0 Å². The van der Waals surface area contributed by atoms with Crippen LogP contribution < -0.4 is 0 Å². The summed E-state index contributed by atoms with van der Waals surface area (Å²) in [6.07, 6.45) is -0.505. The Bertz CT molecular complexity index is 538. The highest BCUT2D eigenvalue weighted by Gasteiger charge is 2.12. The second-order valence-electron chi connectivity index (χ2n) is 3.95. The maximum Gasteiger partial charge on any atom is 0.372 e. The maximum atomic E-state index is 10.1. The Kier molecular flexibility index (Phi) is 14.3. The second-order valence-corrected chi connectivity index (χ2v) is 3.95. The quantitative estimate of drug-likeness (QED) is 0.667. The fourth-order valence-corrected chi connectivity index (χ4v) is 1.43. The maximum absolute atomic E-state index is 10.1. The van der Waals surface area contributed by atoms with E-state index < -0.39 is 24.0 Å². The molecule has 0 aromatic heterocycles. The lowest BCUT2D eigenvalue weighted by Gasteiger charge is -1.92. The van der Waals surface area contributed by atoms with Crippen LogP contribution in [0.1, 0.15) is 41.0 Å². The Hall–Kier alpha value is -2.49. The summed E-state index contributed by atoms with van der Waals surface area (Å²) >= 11 is 0. The number of carboxylic acid groups (broad SMARTS) is 1. The Balaban J connectivity index is 0. The summed E-state index contributed by atoms with van der Waals surface area (Å²) in [4.78, 5) is 29.9. The van der Waals surface area contributed by atoms with E-state index in [-0.39, 0.29) is 0 Å². The summed E-state index contributed by atoms with van der Waals surface area (Å²) in [5, 5.41) is 10.5. The smallest absolute Gasteiger partial charge is 0.372 e. The highest BCUT2D eigenvalue weighted by molar-refractivity contribution is 6.36. The van der Waals surface area contributed by atoms with Gasteiger partial charge in [-0.15, -0.1) is 0 Å². The third-order valence-corrected chi connectivity index (χ3v) is 2.31. The van der Waals surface area contributed by atoms with Gasteiger partial charge in [0.2, 0.25) is 5.78 Å². The molecule has 0 spiro atoms. The number of hydrogen-bond acceptors (Lipinski definition) is 3. The van der Waals surface area contributed by atoms with Gasteiger partial charge in [-0.3, -0.25) is 9.59 Å². The molecule has 0 unspecified atom stereocenters. The third kappa shape index (κ3) is 10.8. The molecule has 0 heterocycles. The first-order valence-electron chi connectivity index (χ1n) is 7.70. The lowest BCUT2D eigenvalue weighted by atomic mass is 10.1. The summed E-state index contributed by atoms with van der Waals surface area (Å²) in [5.41, 5.74) is 0. The number of ketones is 2. The van der Waals surface area contributed by atoms with Crippen LogP contribution in [-0.4, -0.2) is 22.6 Å². The van der Waals surface area contributed by atoms with Crippen molar-refractivity contribution in [3.05, 3.63) is 48.5 Å². The van der Waals surface area contributed by atoms with Gasteiger partial charge < -0.3 is 5.11 Å². The zero-order chi connectivity index (χ0) is 18.3. The minimum atomic E-state index is -1.55. The van der Waals surface area contributed by atoms with Gasteiger partial charge in [-0.05, 0) is 17.7 Å². The SMILES string of the molecule is CC.CC.CC(=O)CC(=O)C(=O)O.c1ccc2ccccc2c1. The Morgan fingerprint density at radius 1 is 0.783 bits per heavy atom. The van der Waals surface area contributed by atoms with Crippen LogP contribution >= 0.6 is 0 Å². The summed E-state index contributed by atoms with van der Waals surface area (Å²) in [5.74, 6) is -3.03. The molecule has 0 amide bonds. The van der Waals surface area contributed by atoms with E-state index in [1.807, 2.05) is 27.7 Å². The predicted octanol–water partition coefficient (Wildman–Crippen LogP) is 4.51. The van der Waals surface area contributed by atoms with Crippen LogP contribution in [0.2, 0.25) is 0 Å². The number of benzene rings is 2. The highest BCUT2D eigenvalue weighted by atomic mass is 16.4. The number of fused-ring (bicyclic) bond motifs is 1. The number of carboxylic acids is 1. The van der Waals surface area contributed by atoms with Crippen molar-refractivity contribution in [1.82, 2.24) is 0 Å². The third-order valence-electron chi connectivity index (χ3n) is 2.31. The number of hydrogen-bond donors (Lipinski definition) is 1. The van der Waals surface area contributed by atoms with Crippen LogP contribution in [0.3, 0.4) is 0 Å².